The molecule has 0 rings (SSSR count). The minimum absolute atomic E-state index is 0.306. The molecule has 0 spiro atoms. The molecule has 2 N–H and O–H groups in total. The second kappa shape index (κ2) is 6.68. The molecule has 0 aliphatic rings. The SMILES string of the molecule is CSCCCNCC(C)(O)C(C)C. The molecule has 0 aromatic rings. The molecule has 0 radical (unpaired) electrons. The maximum Gasteiger partial charge on any atom is 0.0766 e. The van der Waals surface area contributed by atoms with Crippen molar-refractivity contribution in [3.63, 3.8) is 0 Å². The first-order valence-electron chi connectivity index (χ1n) is 4.92. The van der Waals surface area contributed by atoms with E-state index in [9.17, 15) is 5.11 Å². The Labute approximate surface area is 86.5 Å². The van der Waals surface area contributed by atoms with Gasteiger partial charge in [0.15, 0.2) is 0 Å². The van der Waals surface area contributed by atoms with Gasteiger partial charge in [0, 0.05) is 6.54 Å². The number of hydrogen-bond donors (Lipinski definition) is 2. The summed E-state index contributed by atoms with van der Waals surface area (Å²) in [5.41, 5.74) is -0.570. The van der Waals surface area contributed by atoms with E-state index in [2.05, 4.69) is 11.6 Å². The van der Waals surface area contributed by atoms with Crippen LogP contribution in [0.15, 0.2) is 0 Å². The molecule has 0 amide bonds. The van der Waals surface area contributed by atoms with Gasteiger partial charge in [-0.25, -0.2) is 0 Å². The van der Waals surface area contributed by atoms with Crippen LogP contribution in [0.25, 0.3) is 0 Å². The summed E-state index contributed by atoms with van der Waals surface area (Å²) < 4.78 is 0. The van der Waals surface area contributed by atoms with Gasteiger partial charge in [0.1, 0.15) is 0 Å². The molecular weight excluding hydrogens is 182 g/mol. The van der Waals surface area contributed by atoms with Gasteiger partial charge in [0.2, 0.25) is 0 Å². The average molecular weight is 205 g/mol. The van der Waals surface area contributed by atoms with Gasteiger partial charge >= 0.3 is 0 Å². The quantitative estimate of drug-likeness (QED) is 0.621. The molecule has 3 heteroatoms. The zero-order valence-corrected chi connectivity index (χ0v) is 10.1. The predicted molar refractivity (Wildman–Crippen MR) is 61.3 cm³/mol. The van der Waals surface area contributed by atoms with E-state index in [1.54, 1.807) is 0 Å². The molecule has 80 valence electrons. The number of thioether (sulfide) groups is 1. The topological polar surface area (TPSA) is 32.3 Å². The van der Waals surface area contributed by atoms with E-state index >= 15 is 0 Å². The Morgan fingerprint density at radius 3 is 2.54 bits per heavy atom. The Kier molecular flexibility index (Phi) is 6.82. The lowest BCUT2D eigenvalue weighted by Gasteiger charge is -2.27. The van der Waals surface area contributed by atoms with Crippen molar-refractivity contribution in [3.8, 4) is 0 Å². The number of aliphatic hydroxyl groups is 1. The van der Waals surface area contributed by atoms with Crippen molar-refractivity contribution in [2.45, 2.75) is 32.8 Å². The van der Waals surface area contributed by atoms with Crippen molar-refractivity contribution in [3.05, 3.63) is 0 Å². The Morgan fingerprint density at radius 1 is 1.46 bits per heavy atom. The Bertz CT molecular complexity index is 126. The van der Waals surface area contributed by atoms with Gasteiger partial charge < -0.3 is 10.4 Å². The standard InChI is InChI=1S/C10H23NOS/c1-9(2)10(3,12)8-11-6-5-7-13-4/h9,11-12H,5-8H2,1-4H3. The van der Waals surface area contributed by atoms with Crippen LogP contribution in [0.2, 0.25) is 0 Å². The van der Waals surface area contributed by atoms with Crippen molar-refractivity contribution in [2.24, 2.45) is 5.92 Å². The van der Waals surface area contributed by atoms with Crippen LogP contribution in [0.5, 0.6) is 0 Å². The summed E-state index contributed by atoms with van der Waals surface area (Å²) >= 11 is 1.86. The maximum absolute atomic E-state index is 9.88. The lowest BCUT2D eigenvalue weighted by molar-refractivity contribution is 0.0145. The van der Waals surface area contributed by atoms with Gasteiger partial charge in [0.05, 0.1) is 5.60 Å². The highest BCUT2D eigenvalue weighted by molar-refractivity contribution is 7.98. The van der Waals surface area contributed by atoms with Gasteiger partial charge in [0.25, 0.3) is 0 Å². The fourth-order valence-corrected chi connectivity index (χ4v) is 1.32. The minimum Gasteiger partial charge on any atom is -0.389 e. The Morgan fingerprint density at radius 2 is 2.08 bits per heavy atom. The van der Waals surface area contributed by atoms with Gasteiger partial charge in [-0.3, -0.25) is 0 Å². The Balaban J connectivity index is 3.41. The fourth-order valence-electron chi connectivity index (χ4n) is 0.887. The van der Waals surface area contributed by atoms with Crippen molar-refractivity contribution < 1.29 is 5.11 Å². The zero-order chi connectivity index (χ0) is 10.3. The summed E-state index contributed by atoms with van der Waals surface area (Å²) in [6.07, 6.45) is 3.29. The largest absolute Gasteiger partial charge is 0.389 e. The van der Waals surface area contributed by atoms with Crippen LogP contribution in [-0.4, -0.2) is 35.8 Å². The van der Waals surface area contributed by atoms with Crippen LogP contribution in [-0.2, 0) is 0 Å². The van der Waals surface area contributed by atoms with E-state index < -0.39 is 5.60 Å². The molecule has 0 aliphatic heterocycles. The van der Waals surface area contributed by atoms with Gasteiger partial charge in [-0.05, 0) is 37.8 Å². The molecule has 1 unspecified atom stereocenters. The second-order valence-corrected chi connectivity index (χ2v) is 5.02. The second-order valence-electron chi connectivity index (χ2n) is 4.04. The van der Waals surface area contributed by atoms with Crippen LogP contribution in [0.1, 0.15) is 27.2 Å². The van der Waals surface area contributed by atoms with Gasteiger partial charge in [-0.15, -0.1) is 0 Å². The molecule has 0 fully saturated rings. The van der Waals surface area contributed by atoms with E-state index in [4.69, 9.17) is 0 Å². The van der Waals surface area contributed by atoms with Crippen molar-refractivity contribution in [1.29, 1.82) is 0 Å². The molecule has 0 aliphatic carbocycles. The van der Waals surface area contributed by atoms with Crippen LogP contribution in [0, 0.1) is 5.92 Å². The molecule has 0 heterocycles. The molecule has 13 heavy (non-hydrogen) atoms. The third kappa shape index (κ3) is 6.36. The molecule has 0 bridgehead atoms. The highest BCUT2D eigenvalue weighted by Crippen LogP contribution is 2.14. The first-order valence-corrected chi connectivity index (χ1v) is 6.32. The van der Waals surface area contributed by atoms with Crippen LogP contribution in [0.3, 0.4) is 0 Å². The van der Waals surface area contributed by atoms with Crippen LogP contribution in [0.4, 0.5) is 0 Å². The minimum atomic E-state index is -0.570. The van der Waals surface area contributed by atoms with Gasteiger partial charge in [-0.1, -0.05) is 13.8 Å². The van der Waals surface area contributed by atoms with E-state index in [0.29, 0.717) is 12.5 Å². The predicted octanol–water partition coefficient (Wildman–Crippen LogP) is 1.74. The highest BCUT2D eigenvalue weighted by atomic mass is 32.2. The van der Waals surface area contributed by atoms with Crippen molar-refractivity contribution in [1.82, 2.24) is 5.32 Å². The summed E-state index contributed by atoms with van der Waals surface area (Å²) in [6, 6.07) is 0. The molecule has 2 nitrogen and oxygen atoms in total. The van der Waals surface area contributed by atoms with Crippen molar-refractivity contribution in [2.75, 3.05) is 25.1 Å². The molecular formula is C10H23NOS. The maximum atomic E-state index is 9.88. The van der Waals surface area contributed by atoms with E-state index in [-0.39, 0.29) is 0 Å². The molecule has 0 aromatic carbocycles. The summed E-state index contributed by atoms with van der Waals surface area (Å²) in [5, 5.41) is 13.2. The monoisotopic (exact) mass is 205 g/mol. The third-order valence-corrected chi connectivity index (χ3v) is 3.13. The molecule has 0 aromatic heterocycles. The summed E-state index contributed by atoms with van der Waals surface area (Å²) in [5.74, 6) is 1.50. The fraction of sp³-hybridized carbons (Fsp3) is 1.00. The van der Waals surface area contributed by atoms with E-state index in [1.165, 1.54) is 12.2 Å². The first-order chi connectivity index (χ1) is 6.00. The molecule has 0 saturated carbocycles. The summed E-state index contributed by atoms with van der Waals surface area (Å²) in [6.45, 7) is 7.68. The van der Waals surface area contributed by atoms with Crippen LogP contribution < -0.4 is 5.32 Å². The highest BCUT2D eigenvalue weighted by Gasteiger charge is 2.23. The summed E-state index contributed by atoms with van der Waals surface area (Å²) in [4.78, 5) is 0. The lowest BCUT2D eigenvalue weighted by Crippen LogP contribution is -2.42. The van der Waals surface area contributed by atoms with Crippen LogP contribution >= 0.6 is 11.8 Å². The Hall–Kier alpha value is 0.270. The normalized spacial score (nSPS) is 16.2. The zero-order valence-electron chi connectivity index (χ0n) is 9.26. The van der Waals surface area contributed by atoms with Crippen molar-refractivity contribution >= 4 is 11.8 Å². The number of hydrogen-bond acceptors (Lipinski definition) is 3. The molecule has 1 atom stereocenters. The lowest BCUT2D eigenvalue weighted by atomic mass is 9.92. The molecule has 0 saturated heterocycles. The number of nitrogens with one attached hydrogen (secondary N) is 1. The first kappa shape index (κ1) is 13.3. The average Bonchev–Trinajstić information content (AvgIpc) is 2.03. The van der Waals surface area contributed by atoms with Gasteiger partial charge in [-0.2, -0.15) is 11.8 Å². The third-order valence-electron chi connectivity index (χ3n) is 2.43. The van der Waals surface area contributed by atoms with E-state index in [0.717, 1.165) is 6.54 Å². The number of rotatable bonds is 7. The van der Waals surface area contributed by atoms with E-state index in [1.807, 2.05) is 32.5 Å². The summed E-state index contributed by atoms with van der Waals surface area (Å²) in [7, 11) is 0. The smallest absolute Gasteiger partial charge is 0.0766 e.